The number of piperidine rings is 1. The number of hydrogen-bond acceptors (Lipinski definition) is 3. The van der Waals surface area contributed by atoms with E-state index in [0.717, 1.165) is 13.1 Å². The molecule has 0 aliphatic carbocycles. The van der Waals surface area contributed by atoms with Crippen molar-refractivity contribution in [2.75, 3.05) is 13.1 Å². The standard InChI is InChI=1S/C13H21N3/c14-8-11-3-1-4-12(7-11)9-16-13-5-2-6-15-10-13/h1,3-4,7,13,15-16H,2,5-6,8-10,14H2. The molecule has 1 saturated heterocycles. The highest BCUT2D eigenvalue weighted by molar-refractivity contribution is 5.23. The Labute approximate surface area is 97.4 Å². The van der Waals surface area contributed by atoms with Gasteiger partial charge in [0, 0.05) is 25.7 Å². The Morgan fingerprint density at radius 3 is 3.00 bits per heavy atom. The molecule has 1 aromatic carbocycles. The van der Waals surface area contributed by atoms with Gasteiger partial charge in [0.25, 0.3) is 0 Å². The Morgan fingerprint density at radius 1 is 1.38 bits per heavy atom. The normalized spacial score (nSPS) is 20.9. The lowest BCUT2D eigenvalue weighted by atomic mass is 10.1. The van der Waals surface area contributed by atoms with Gasteiger partial charge in [-0.15, -0.1) is 0 Å². The molecule has 0 saturated carbocycles. The van der Waals surface area contributed by atoms with Gasteiger partial charge in [0.15, 0.2) is 0 Å². The molecular weight excluding hydrogens is 198 g/mol. The maximum absolute atomic E-state index is 5.63. The Bertz CT molecular complexity index is 319. The van der Waals surface area contributed by atoms with Crippen LogP contribution in [0.5, 0.6) is 0 Å². The SMILES string of the molecule is NCc1cccc(CNC2CCCNC2)c1. The minimum Gasteiger partial charge on any atom is -0.326 e. The van der Waals surface area contributed by atoms with Crippen LogP contribution in [0.1, 0.15) is 24.0 Å². The fourth-order valence-corrected chi connectivity index (χ4v) is 2.15. The summed E-state index contributed by atoms with van der Waals surface area (Å²) in [6, 6.07) is 9.12. The molecular formula is C13H21N3. The maximum atomic E-state index is 5.63. The predicted molar refractivity (Wildman–Crippen MR) is 67.1 cm³/mol. The Balaban J connectivity index is 1.83. The molecule has 1 heterocycles. The number of hydrogen-bond donors (Lipinski definition) is 3. The van der Waals surface area contributed by atoms with Crippen LogP contribution in [0.15, 0.2) is 24.3 Å². The lowest BCUT2D eigenvalue weighted by Gasteiger charge is -2.24. The summed E-state index contributed by atoms with van der Waals surface area (Å²) in [5.41, 5.74) is 8.16. The summed E-state index contributed by atoms with van der Waals surface area (Å²) in [6.07, 6.45) is 2.56. The van der Waals surface area contributed by atoms with Crippen LogP contribution in [0.3, 0.4) is 0 Å². The second-order valence-corrected chi connectivity index (χ2v) is 4.45. The Kier molecular flexibility index (Phi) is 4.34. The molecule has 1 fully saturated rings. The highest BCUT2D eigenvalue weighted by atomic mass is 15.0. The van der Waals surface area contributed by atoms with Crippen LogP contribution in [0, 0.1) is 0 Å². The smallest absolute Gasteiger partial charge is 0.0208 e. The van der Waals surface area contributed by atoms with E-state index in [1.807, 2.05) is 0 Å². The first-order valence-electron chi connectivity index (χ1n) is 6.10. The van der Waals surface area contributed by atoms with Crippen molar-refractivity contribution in [3.8, 4) is 0 Å². The van der Waals surface area contributed by atoms with E-state index in [2.05, 4.69) is 34.9 Å². The molecule has 3 nitrogen and oxygen atoms in total. The van der Waals surface area contributed by atoms with Crippen molar-refractivity contribution in [1.82, 2.24) is 10.6 Å². The topological polar surface area (TPSA) is 50.1 Å². The van der Waals surface area contributed by atoms with Gasteiger partial charge in [0.1, 0.15) is 0 Å². The van der Waals surface area contributed by atoms with Crippen molar-refractivity contribution in [3.05, 3.63) is 35.4 Å². The largest absolute Gasteiger partial charge is 0.326 e. The van der Waals surface area contributed by atoms with E-state index in [0.29, 0.717) is 12.6 Å². The van der Waals surface area contributed by atoms with Gasteiger partial charge in [-0.2, -0.15) is 0 Å². The fraction of sp³-hybridized carbons (Fsp3) is 0.538. The molecule has 88 valence electrons. The zero-order chi connectivity index (χ0) is 11.2. The average molecular weight is 219 g/mol. The van der Waals surface area contributed by atoms with Crippen molar-refractivity contribution in [3.63, 3.8) is 0 Å². The van der Waals surface area contributed by atoms with Gasteiger partial charge < -0.3 is 16.4 Å². The average Bonchev–Trinajstić information content (AvgIpc) is 2.38. The zero-order valence-corrected chi connectivity index (χ0v) is 9.71. The van der Waals surface area contributed by atoms with Gasteiger partial charge in [-0.3, -0.25) is 0 Å². The lowest BCUT2D eigenvalue weighted by molar-refractivity contribution is 0.389. The Morgan fingerprint density at radius 2 is 2.25 bits per heavy atom. The molecule has 2 rings (SSSR count). The second kappa shape index (κ2) is 5.99. The predicted octanol–water partition coefficient (Wildman–Crippen LogP) is 0.987. The van der Waals surface area contributed by atoms with Crippen LogP contribution in [0.4, 0.5) is 0 Å². The molecule has 1 aliphatic rings. The Hall–Kier alpha value is -0.900. The summed E-state index contributed by atoms with van der Waals surface area (Å²) in [6.45, 7) is 3.83. The van der Waals surface area contributed by atoms with Crippen molar-refractivity contribution >= 4 is 0 Å². The van der Waals surface area contributed by atoms with Gasteiger partial charge >= 0.3 is 0 Å². The van der Waals surface area contributed by atoms with Gasteiger partial charge in [0.05, 0.1) is 0 Å². The highest BCUT2D eigenvalue weighted by Crippen LogP contribution is 2.06. The first kappa shape index (κ1) is 11.6. The summed E-state index contributed by atoms with van der Waals surface area (Å²) in [7, 11) is 0. The lowest BCUT2D eigenvalue weighted by Crippen LogP contribution is -2.42. The molecule has 1 aliphatic heterocycles. The molecule has 1 aromatic rings. The third-order valence-corrected chi connectivity index (χ3v) is 3.12. The molecule has 1 atom stereocenters. The first-order valence-corrected chi connectivity index (χ1v) is 6.10. The molecule has 1 unspecified atom stereocenters. The monoisotopic (exact) mass is 219 g/mol. The molecule has 0 radical (unpaired) electrons. The number of benzene rings is 1. The summed E-state index contributed by atoms with van der Waals surface area (Å²) in [5, 5.41) is 7.00. The van der Waals surface area contributed by atoms with E-state index >= 15 is 0 Å². The number of nitrogens with two attached hydrogens (primary N) is 1. The third-order valence-electron chi connectivity index (χ3n) is 3.12. The molecule has 0 aromatic heterocycles. The maximum Gasteiger partial charge on any atom is 0.0208 e. The molecule has 0 amide bonds. The molecule has 0 bridgehead atoms. The van der Waals surface area contributed by atoms with E-state index in [-0.39, 0.29) is 0 Å². The van der Waals surface area contributed by atoms with Crippen LogP contribution in [-0.4, -0.2) is 19.1 Å². The molecule has 0 spiro atoms. The van der Waals surface area contributed by atoms with Crippen LogP contribution < -0.4 is 16.4 Å². The quantitative estimate of drug-likeness (QED) is 0.708. The highest BCUT2D eigenvalue weighted by Gasteiger charge is 2.11. The zero-order valence-electron chi connectivity index (χ0n) is 9.71. The number of rotatable bonds is 4. The second-order valence-electron chi connectivity index (χ2n) is 4.45. The van der Waals surface area contributed by atoms with Crippen LogP contribution >= 0.6 is 0 Å². The van der Waals surface area contributed by atoms with Crippen LogP contribution in [0.2, 0.25) is 0 Å². The van der Waals surface area contributed by atoms with E-state index in [4.69, 9.17) is 5.73 Å². The van der Waals surface area contributed by atoms with Crippen LogP contribution in [-0.2, 0) is 13.1 Å². The van der Waals surface area contributed by atoms with Crippen LogP contribution in [0.25, 0.3) is 0 Å². The third kappa shape index (κ3) is 3.30. The van der Waals surface area contributed by atoms with E-state index in [9.17, 15) is 0 Å². The summed E-state index contributed by atoms with van der Waals surface area (Å²) < 4.78 is 0. The van der Waals surface area contributed by atoms with Gasteiger partial charge in [0.2, 0.25) is 0 Å². The van der Waals surface area contributed by atoms with Gasteiger partial charge in [-0.05, 0) is 30.5 Å². The molecule has 4 N–H and O–H groups in total. The summed E-state index contributed by atoms with van der Waals surface area (Å²) in [4.78, 5) is 0. The number of nitrogens with one attached hydrogen (secondary N) is 2. The van der Waals surface area contributed by atoms with E-state index in [1.165, 1.54) is 30.5 Å². The van der Waals surface area contributed by atoms with E-state index in [1.54, 1.807) is 0 Å². The molecule has 16 heavy (non-hydrogen) atoms. The fourth-order valence-electron chi connectivity index (χ4n) is 2.15. The minimum absolute atomic E-state index is 0.621. The molecule has 3 heteroatoms. The summed E-state index contributed by atoms with van der Waals surface area (Å²) in [5.74, 6) is 0. The van der Waals surface area contributed by atoms with Crippen molar-refractivity contribution in [1.29, 1.82) is 0 Å². The van der Waals surface area contributed by atoms with Crippen molar-refractivity contribution in [2.24, 2.45) is 5.73 Å². The van der Waals surface area contributed by atoms with Gasteiger partial charge in [-0.25, -0.2) is 0 Å². The van der Waals surface area contributed by atoms with E-state index < -0.39 is 0 Å². The first-order chi connectivity index (χ1) is 7.88. The summed E-state index contributed by atoms with van der Waals surface area (Å²) >= 11 is 0. The van der Waals surface area contributed by atoms with Crippen molar-refractivity contribution in [2.45, 2.75) is 32.0 Å². The minimum atomic E-state index is 0.621. The van der Waals surface area contributed by atoms with Gasteiger partial charge in [-0.1, -0.05) is 24.3 Å². The van der Waals surface area contributed by atoms with Crippen molar-refractivity contribution < 1.29 is 0 Å².